The Hall–Kier alpha value is -0.650. The lowest BCUT2D eigenvalue weighted by Gasteiger charge is -2.22. The van der Waals surface area contributed by atoms with E-state index in [0.29, 0.717) is 0 Å². The van der Waals surface area contributed by atoms with Crippen LogP contribution >= 0.6 is 0 Å². The number of nitrogens with two attached hydrogens (primary N) is 1. The molecule has 5 nitrogen and oxygen atoms in total. The third-order valence-electron chi connectivity index (χ3n) is 2.82. The monoisotopic (exact) mass is 258 g/mol. The molecule has 108 valence electrons. The van der Waals surface area contributed by atoms with Gasteiger partial charge in [0.05, 0.1) is 6.04 Å². The molecule has 0 heterocycles. The molecule has 0 radical (unpaired) electrons. The molecule has 0 aromatic heterocycles. The Morgan fingerprint density at radius 3 is 2.22 bits per heavy atom. The number of rotatable bonds is 10. The van der Waals surface area contributed by atoms with Crippen molar-refractivity contribution in [2.75, 3.05) is 40.8 Å². The van der Waals surface area contributed by atoms with Crippen molar-refractivity contribution in [1.82, 2.24) is 15.1 Å². The first-order valence-electron chi connectivity index (χ1n) is 6.71. The molecule has 1 amide bonds. The average Bonchev–Trinajstić information content (AvgIpc) is 2.22. The van der Waals surface area contributed by atoms with Crippen molar-refractivity contribution in [3.05, 3.63) is 0 Å². The summed E-state index contributed by atoms with van der Waals surface area (Å²) in [6.07, 6.45) is 1.91. The fourth-order valence-electron chi connectivity index (χ4n) is 1.83. The van der Waals surface area contributed by atoms with Gasteiger partial charge in [-0.3, -0.25) is 4.79 Å². The first kappa shape index (κ1) is 17.4. The van der Waals surface area contributed by atoms with Gasteiger partial charge in [0.25, 0.3) is 0 Å². The van der Waals surface area contributed by atoms with Gasteiger partial charge in [-0.25, -0.2) is 0 Å². The largest absolute Gasteiger partial charge is 0.368 e. The van der Waals surface area contributed by atoms with E-state index in [-0.39, 0.29) is 18.0 Å². The Bertz CT molecular complexity index is 231. The Labute approximate surface area is 112 Å². The minimum Gasteiger partial charge on any atom is -0.368 e. The van der Waals surface area contributed by atoms with Crippen LogP contribution in [0, 0.1) is 0 Å². The van der Waals surface area contributed by atoms with Gasteiger partial charge in [-0.1, -0.05) is 13.8 Å². The van der Waals surface area contributed by atoms with E-state index in [4.69, 9.17) is 5.73 Å². The van der Waals surface area contributed by atoms with Crippen LogP contribution in [0.25, 0.3) is 0 Å². The Morgan fingerprint density at radius 1 is 1.17 bits per heavy atom. The lowest BCUT2D eigenvalue weighted by Crippen LogP contribution is -2.46. The minimum absolute atomic E-state index is 0.221. The van der Waals surface area contributed by atoms with Gasteiger partial charge in [0.2, 0.25) is 5.91 Å². The van der Waals surface area contributed by atoms with Gasteiger partial charge in [-0.05, 0) is 53.6 Å². The molecule has 0 aromatic rings. The van der Waals surface area contributed by atoms with Gasteiger partial charge >= 0.3 is 0 Å². The summed E-state index contributed by atoms with van der Waals surface area (Å²) >= 11 is 0. The number of hydrogen-bond donors (Lipinski definition) is 2. The molecule has 0 aliphatic heterocycles. The normalized spacial score (nSPS) is 13.6. The lowest BCUT2D eigenvalue weighted by molar-refractivity contribution is -0.120. The number of hydrogen-bond acceptors (Lipinski definition) is 4. The Kier molecular flexibility index (Phi) is 8.97. The van der Waals surface area contributed by atoms with Crippen molar-refractivity contribution in [2.24, 2.45) is 5.73 Å². The van der Waals surface area contributed by atoms with Gasteiger partial charge in [0, 0.05) is 6.04 Å². The lowest BCUT2D eigenvalue weighted by atomic mass is 10.1. The molecule has 1 unspecified atom stereocenters. The van der Waals surface area contributed by atoms with Crippen molar-refractivity contribution in [3.63, 3.8) is 0 Å². The second-order valence-electron chi connectivity index (χ2n) is 5.53. The van der Waals surface area contributed by atoms with E-state index in [0.717, 1.165) is 32.5 Å². The number of nitrogens with one attached hydrogen (secondary N) is 1. The summed E-state index contributed by atoms with van der Waals surface area (Å²) in [7, 11) is 6.24. The van der Waals surface area contributed by atoms with Crippen molar-refractivity contribution < 1.29 is 4.79 Å². The highest BCUT2D eigenvalue weighted by molar-refractivity contribution is 5.79. The number of carbonyl (C=O) groups excluding carboxylic acids is 1. The fourth-order valence-corrected chi connectivity index (χ4v) is 1.83. The molecule has 1 atom stereocenters. The molecule has 0 saturated carbocycles. The molecule has 0 aliphatic carbocycles. The van der Waals surface area contributed by atoms with Crippen LogP contribution in [0.2, 0.25) is 0 Å². The summed E-state index contributed by atoms with van der Waals surface area (Å²) in [6.45, 7) is 7.08. The molecular formula is C13H30N4O. The van der Waals surface area contributed by atoms with Gasteiger partial charge in [-0.15, -0.1) is 0 Å². The summed E-state index contributed by atoms with van der Waals surface area (Å²) < 4.78 is 0. The van der Waals surface area contributed by atoms with Gasteiger partial charge < -0.3 is 20.9 Å². The zero-order chi connectivity index (χ0) is 14.1. The molecule has 0 aliphatic rings. The van der Waals surface area contributed by atoms with Crippen molar-refractivity contribution in [3.8, 4) is 0 Å². The van der Waals surface area contributed by atoms with Crippen LogP contribution in [-0.4, -0.2) is 68.6 Å². The van der Waals surface area contributed by atoms with E-state index in [1.807, 2.05) is 13.8 Å². The van der Waals surface area contributed by atoms with Crippen LogP contribution in [0.1, 0.15) is 26.7 Å². The van der Waals surface area contributed by atoms with E-state index in [1.54, 1.807) is 0 Å². The zero-order valence-electron chi connectivity index (χ0n) is 12.6. The summed E-state index contributed by atoms with van der Waals surface area (Å²) in [5, 5.41) is 3.20. The molecular weight excluding hydrogens is 228 g/mol. The third kappa shape index (κ3) is 9.39. The fraction of sp³-hybridized carbons (Fsp3) is 0.923. The number of amides is 1. The maximum absolute atomic E-state index is 11.3. The molecule has 0 bridgehead atoms. The maximum Gasteiger partial charge on any atom is 0.234 e. The Balaban J connectivity index is 3.85. The van der Waals surface area contributed by atoms with Gasteiger partial charge in [0.15, 0.2) is 0 Å². The molecule has 3 N–H and O–H groups in total. The first-order valence-corrected chi connectivity index (χ1v) is 6.71. The van der Waals surface area contributed by atoms with Crippen LogP contribution < -0.4 is 11.1 Å². The molecule has 0 saturated heterocycles. The van der Waals surface area contributed by atoms with Crippen molar-refractivity contribution in [2.45, 2.75) is 38.8 Å². The van der Waals surface area contributed by atoms with E-state index >= 15 is 0 Å². The highest BCUT2D eigenvalue weighted by Gasteiger charge is 2.16. The predicted octanol–water partition coefficient (Wildman–Crippen LogP) is 0.112. The minimum atomic E-state index is -0.259. The number of primary amides is 1. The predicted molar refractivity (Wildman–Crippen MR) is 76.5 cm³/mol. The summed E-state index contributed by atoms with van der Waals surface area (Å²) in [5.41, 5.74) is 5.38. The topological polar surface area (TPSA) is 61.6 Å². The highest BCUT2D eigenvalue weighted by atomic mass is 16.1. The van der Waals surface area contributed by atoms with Crippen molar-refractivity contribution in [1.29, 1.82) is 0 Å². The van der Waals surface area contributed by atoms with E-state index in [2.05, 4.69) is 36.3 Å². The van der Waals surface area contributed by atoms with Crippen LogP contribution in [0.3, 0.4) is 0 Å². The van der Waals surface area contributed by atoms with E-state index in [1.165, 1.54) is 0 Å². The smallest absolute Gasteiger partial charge is 0.234 e. The Morgan fingerprint density at radius 2 is 1.78 bits per heavy atom. The van der Waals surface area contributed by atoms with Crippen LogP contribution in [0.5, 0.6) is 0 Å². The summed E-state index contributed by atoms with van der Waals surface area (Å²) in [6, 6.07) is 0.0582. The van der Waals surface area contributed by atoms with E-state index in [9.17, 15) is 4.79 Å². The molecule has 5 heteroatoms. The van der Waals surface area contributed by atoms with E-state index < -0.39 is 0 Å². The van der Waals surface area contributed by atoms with Crippen LogP contribution in [0.4, 0.5) is 0 Å². The maximum atomic E-state index is 11.3. The molecule has 18 heavy (non-hydrogen) atoms. The van der Waals surface area contributed by atoms with Crippen LogP contribution in [0.15, 0.2) is 0 Å². The zero-order valence-corrected chi connectivity index (χ0v) is 12.6. The van der Waals surface area contributed by atoms with Gasteiger partial charge in [0.1, 0.15) is 0 Å². The second-order valence-corrected chi connectivity index (χ2v) is 5.53. The second kappa shape index (κ2) is 9.30. The first-order chi connectivity index (χ1) is 8.32. The molecule has 0 rings (SSSR count). The highest BCUT2D eigenvalue weighted by Crippen LogP contribution is 1.98. The average molecular weight is 258 g/mol. The SMILES string of the molecule is CC(C)NC(CCN(C)CCCN(C)C)C(N)=O. The van der Waals surface area contributed by atoms with Crippen molar-refractivity contribution >= 4 is 5.91 Å². The standard InChI is InChI=1S/C13H30N4O/c1-11(2)15-12(13(14)18)7-10-17(5)9-6-8-16(3)4/h11-12,15H,6-10H2,1-5H3,(H2,14,18). The van der Waals surface area contributed by atoms with Gasteiger partial charge in [-0.2, -0.15) is 0 Å². The quantitative estimate of drug-likeness (QED) is 0.584. The third-order valence-corrected chi connectivity index (χ3v) is 2.82. The molecule has 0 aromatic carbocycles. The molecule has 0 fully saturated rings. The molecule has 0 spiro atoms. The van der Waals surface area contributed by atoms with Crippen LogP contribution in [-0.2, 0) is 4.79 Å². The summed E-state index contributed by atoms with van der Waals surface area (Å²) in [5.74, 6) is -0.259. The summed E-state index contributed by atoms with van der Waals surface area (Å²) in [4.78, 5) is 15.7. The number of nitrogens with zero attached hydrogens (tertiary/aromatic N) is 2. The number of carbonyl (C=O) groups is 1.